The van der Waals surface area contributed by atoms with Crippen LogP contribution in [0.2, 0.25) is 0 Å². The van der Waals surface area contributed by atoms with Crippen LogP contribution in [0.1, 0.15) is 0 Å². The van der Waals surface area contributed by atoms with Crippen LogP contribution >= 0.6 is 15.9 Å². The van der Waals surface area contributed by atoms with Crippen LogP contribution in [0, 0.1) is 10.1 Å². The average Bonchev–Trinajstić information content (AvgIpc) is 2.37. The molecule has 104 valence electrons. The normalized spacial score (nSPS) is 10.0. The number of amides is 1. The minimum atomic E-state index is -0.543. The van der Waals surface area contributed by atoms with E-state index in [0.717, 1.165) is 6.20 Å². The molecule has 1 heterocycles. The first kappa shape index (κ1) is 15.3. The quantitative estimate of drug-likeness (QED) is 0.437. The number of carbonyl (C=O) groups excluding carboxylic acids is 1. The molecule has 1 rings (SSSR count). The molecule has 0 radical (unpaired) electrons. The Kier molecular flexibility index (Phi) is 6.16. The maximum Gasteiger partial charge on any atom is 0.288 e. The molecule has 1 aromatic heterocycles. The third-order valence-electron chi connectivity index (χ3n) is 2.08. The topological polar surface area (TPSA) is 106 Å². The van der Waals surface area contributed by atoms with Gasteiger partial charge in [0.05, 0.1) is 22.5 Å². The van der Waals surface area contributed by atoms with E-state index in [4.69, 9.17) is 4.74 Å². The largest absolute Gasteiger partial charge is 0.383 e. The Morgan fingerprint density at radius 3 is 2.95 bits per heavy atom. The smallest absolute Gasteiger partial charge is 0.288 e. The van der Waals surface area contributed by atoms with Gasteiger partial charge in [-0.2, -0.15) is 0 Å². The lowest BCUT2D eigenvalue weighted by Gasteiger charge is -2.07. The van der Waals surface area contributed by atoms with E-state index >= 15 is 0 Å². The minimum absolute atomic E-state index is 0.0210. The number of nitrogens with one attached hydrogen (secondary N) is 2. The highest BCUT2D eigenvalue weighted by molar-refractivity contribution is 9.10. The van der Waals surface area contributed by atoms with E-state index in [-0.39, 0.29) is 18.1 Å². The highest BCUT2D eigenvalue weighted by atomic mass is 79.9. The molecule has 1 aromatic rings. The molecular weight excluding hydrogens is 320 g/mol. The van der Waals surface area contributed by atoms with Crippen molar-refractivity contribution in [1.29, 1.82) is 0 Å². The Hall–Kier alpha value is -1.74. The van der Waals surface area contributed by atoms with Gasteiger partial charge in [0, 0.05) is 19.7 Å². The van der Waals surface area contributed by atoms with Crippen LogP contribution in [0.4, 0.5) is 11.5 Å². The van der Waals surface area contributed by atoms with Crippen LogP contribution in [0.15, 0.2) is 16.7 Å². The Labute approximate surface area is 117 Å². The van der Waals surface area contributed by atoms with Crippen molar-refractivity contribution in [2.75, 3.05) is 32.1 Å². The first-order chi connectivity index (χ1) is 9.04. The second-order valence-corrected chi connectivity index (χ2v) is 4.33. The molecule has 8 nitrogen and oxygen atoms in total. The summed E-state index contributed by atoms with van der Waals surface area (Å²) in [5.41, 5.74) is -0.123. The number of nitrogens with zero attached hydrogens (tertiary/aromatic N) is 2. The van der Waals surface area contributed by atoms with Crippen LogP contribution in [-0.4, -0.2) is 42.6 Å². The number of rotatable bonds is 7. The fraction of sp³-hybridized carbons (Fsp3) is 0.400. The monoisotopic (exact) mass is 332 g/mol. The maximum atomic E-state index is 11.4. The number of hydrogen-bond acceptors (Lipinski definition) is 6. The first-order valence-electron chi connectivity index (χ1n) is 5.34. The SMILES string of the molecule is COCCNC(=O)CNc1ncc([N+](=O)[O-])cc1Br. The summed E-state index contributed by atoms with van der Waals surface area (Å²) in [5.74, 6) is 0.150. The summed E-state index contributed by atoms with van der Waals surface area (Å²) in [6.07, 6.45) is 1.12. The van der Waals surface area contributed by atoms with Gasteiger partial charge in [0.1, 0.15) is 12.0 Å². The summed E-state index contributed by atoms with van der Waals surface area (Å²) >= 11 is 3.15. The van der Waals surface area contributed by atoms with Gasteiger partial charge in [-0.3, -0.25) is 14.9 Å². The van der Waals surface area contributed by atoms with E-state index in [1.165, 1.54) is 6.07 Å². The van der Waals surface area contributed by atoms with Gasteiger partial charge in [0.2, 0.25) is 5.91 Å². The maximum absolute atomic E-state index is 11.4. The van der Waals surface area contributed by atoms with Crippen molar-refractivity contribution in [2.24, 2.45) is 0 Å². The van der Waals surface area contributed by atoms with Crippen LogP contribution in [0.25, 0.3) is 0 Å². The number of halogens is 1. The fourth-order valence-corrected chi connectivity index (χ4v) is 1.65. The molecule has 0 atom stereocenters. The van der Waals surface area contributed by atoms with Gasteiger partial charge in [-0.15, -0.1) is 0 Å². The minimum Gasteiger partial charge on any atom is -0.383 e. The molecule has 0 aliphatic rings. The summed E-state index contributed by atoms with van der Waals surface area (Å²) in [6.45, 7) is 0.879. The van der Waals surface area contributed by atoms with Crippen LogP contribution < -0.4 is 10.6 Å². The molecule has 0 unspecified atom stereocenters. The van der Waals surface area contributed by atoms with Crippen molar-refractivity contribution in [3.63, 3.8) is 0 Å². The Morgan fingerprint density at radius 2 is 2.37 bits per heavy atom. The third-order valence-corrected chi connectivity index (χ3v) is 2.69. The van der Waals surface area contributed by atoms with Gasteiger partial charge in [0.25, 0.3) is 5.69 Å². The Morgan fingerprint density at radius 1 is 1.63 bits per heavy atom. The number of nitro groups is 1. The van der Waals surface area contributed by atoms with Gasteiger partial charge in [-0.1, -0.05) is 0 Å². The summed E-state index contributed by atoms with van der Waals surface area (Å²) in [7, 11) is 1.54. The molecule has 9 heteroatoms. The van der Waals surface area contributed by atoms with E-state index in [2.05, 4.69) is 31.5 Å². The number of hydrogen-bond donors (Lipinski definition) is 2. The lowest BCUT2D eigenvalue weighted by Crippen LogP contribution is -2.32. The van der Waals surface area contributed by atoms with Gasteiger partial charge in [-0.05, 0) is 15.9 Å². The van der Waals surface area contributed by atoms with Crippen LogP contribution in [-0.2, 0) is 9.53 Å². The zero-order valence-electron chi connectivity index (χ0n) is 10.2. The molecule has 0 fully saturated rings. The average molecular weight is 333 g/mol. The summed E-state index contributed by atoms with van der Waals surface area (Å²) in [4.78, 5) is 25.2. The van der Waals surface area contributed by atoms with Crippen molar-refractivity contribution in [2.45, 2.75) is 0 Å². The number of pyridine rings is 1. The third kappa shape index (κ3) is 5.18. The molecular formula is C10H13BrN4O4. The van der Waals surface area contributed by atoms with Gasteiger partial charge in [0.15, 0.2) is 0 Å². The molecule has 1 amide bonds. The van der Waals surface area contributed by atoms with Gasteiger partial charge >= 0.3 is 0 Å². The summed E-state index contributed by atoms with van der Waals surface area (Å²) in [5, 5.41) is 15.9. The van der Waals surface area contributed by atoms with Crippen molar-refractivity contribution >= 4 is 33.3 Å². The number of carbonyl (C=O) groups is 1. The zero-order valence-corrected chi connectivity index (χ0v) is 11.8. The van der Waals surface area contributed by atoms with Gasteiger partial charge in [-0.25, -0.2) is 4.98 Å². The van der Waals surface area contributed by atoms with E-state index in [0.29, 0.717) is 23.4 Å². The predicted octanol–water partition coefficient (Wildman–Crippen LogP) is 0.927. The molecule has 0 saturated heterocycles. The van der Waals surface area contributed by atoms with E-state index in [1.807, 2.05) is 0 Å². The Bertz CT molecular complexity index is 469. The number of aromatic nitrogens is 1. The molecule has 0 aliphatic carbocycles. The molecule has 0 aliphatic heterocycles. The number of ether oxygens (including phenoxy) is 1. The van der Waals surface area contributed by atoms with Crippen LogP contribution in [0.5, 0.6) is 0 Å². The van der Waals surface area contributed by atoms with Gasteiger partial charge < -0.3 is 15.4 Å². The fourth-order valence-electron chi connectivity index (χ4n) is 1.18. The second-order valence-electron chi connectivity index (χ2n) is 3.48. The predicted molar refractivity (Wildman–Crippen MR) is 72.0 cm³/mol. The highest BCUT2D eigenvalue weighted by Crippen LogP contribution is 2.23. The standard InChI is InChI=1S/C10H13BrN4O4/c1-19-3-2-12-9(16)6-14-10-8(11)4-7(5-13-10)15(17)18/h4-5H,2-3,6H2,1H3,(H,12,16)(H,13,14). The molecule has 19 heavy (non-hydrogen) atoms. The molecule has 0 bridgehead atoms. The van der Waals surface area contributed by atoms with E-state index < -0.39 is 4.92 Å². The van der Waals surface area contributed by atoms with Crippen molar-refractivity contribution < 1.29 is 14.5 Å². The highest BCUT2D eigenvalue weighted by Gasteiger charge is 2.11. The Balaban J connectivity index is 2.49. The van der Waals surface area contributed by atoms with E-state index in [9.17, 15) is 14.9 Å². The summed E-state index contributed by atoms with van der Waals surface area (Å²) < 4.78 is 5.21. The van der Waals surface area contributed by atoms with Crippen molar-refractivity contribution in [3.8, 4) is 0 Å². The molecule has 0 spiro atoms. The summed E-state index contributed by atoms with van der Waals surface area (Å²) in [6, 6.07) is 1.32. The molecule has 0 aromatic carbocycles. The van der Waals surface area contributed by atoms with Crippen molar-refractivity contribution in [3.05, 3.63) is 26.9 Å². The lowest BCUT2D eigenvalue weighted by atomic mass is 10.4. The first-order valence-corrected chi connectivity index (χ1v) is 6.13. The number of anilines is 1. The van der Waals surface area contributed by atoms with Crippen LogP contribution in [0.3, 0.4) is 0 Å². The second kappa shape index (κ2) is 7.64. The van der Waals surface area contributed by atoms with E-state index in [1.54, 1.807) is 7.11 Å². The molecule has 0 saturated carbocycles. The van der Waals surface area contributed by atoms with Crippen molar-refractivity contribution in [1.82, 2.24) is 10.3 Å². The molecule has 2 N–H and O–H groups in total. The number of methoxy groups -OCH3 is 1. The zero-order chi connectivity index (χ0) is 14.3. The lowest BCUT2D eigenvalue weighted by molar-refractivity contribution is -0.385.